The minimum Gasteiger partial charge on any atom is -0.396 e. The number of aliphatic hydroxyl groups excluding tert-OH is 1. The van der Waals surface area contributed by atoms with E-state index in [9.17, 15) is 0 Å². The van der Waals surface area contributed by atoms with Crippen molar-refractivity contribution in [2.45, 2.75) is 26.8 Å². The minimum absolute atomic E-state index is 0.207. The zero-order valence-corrected chi connectivity index (χ0v) is 10.4. The van der Waals surface area contributed by atoms with Gasteiger partial charge in [0.15, 0.2) is 0 Å². The molecule has 88 valence electrons. The summed E-state index contributed by atoms with van der Waals surface area (Å²) in [5.74, 6) is 0. The molecule has 4 heteroatoms. The van der Waals surface area contributed by atoms with Crippen LogP contribution in [0, 0.1) is 0 Å². The molecular formula is C12H17ClN2O. The predicted molar refractivity (Wildman–Crippen MR) is 67.8 cm³/mol. The van der Waals surface area contributed by atoms with E-state index < -0.39 is 0 Å². The highest BCUT2D eigenvalue weighted by atomic mass is 35.5. The molecule has 2 heterocycles. The number of pyridine rings is 1. The Morgan fingerprint density at radius 3 is 2.81 bits per heavy atom. The summed E-state index contributed by atoms with van der Waals surface area (Å²) in [5, 5.41) is 10.2. The standard InChI is InChI=1S/C10H11ClN2O.C2H6/c11-10-8-3-6-13(5-1-7-14)9(8)2-4-12-10;1-2/h2-4,6,14H,1,5,7H2;1-2H3. The van der Waals surface area contributed by atoms with E-state index in [2.05, 4.69) is 9.55 Å². The molecule has 1 N–H and O–H groups in total. The van der Waals surface area contributed by atoms with Gasteiger partial charge in [0, 0.05) is 30.9 Å². The summed E-state index contributed by atoms with van der Waals surface area (Å²) < 4.78 is 2.07. The Morgan fingerprint density at radius 2 is 2.12 bits per heavy atom. The van der Waals surface area contributed by atoms with Crippen molar-refractivity contribution in [2.75, 3.05) is 6.61 Å². The molecule has 0 aliphatic rings. The Labute approximate surface area is 101 Å². The molecule has 0 amide bonds. The van der Waals surface area contributed by atoms with E-state index in [1.807, 2.05) is 32.2 Å². The van der Waals surface area contributed by atoms with Crippen molar-refractivity contribution in [1.82, 2.24) is 9.55 Å². The lowest BCUT2D eigenvalue weighted by Crippen LogP contribution is -1.98. The molecule has 2 rings (SSSR count). The third-order valence-corrected chi connectivity index (χ3v) is 2.51. The lowest BCUT2D eigenvalue weighted by molar-refractivity contribution is 0.280. The molecule has 0 radical (unpaired) electrons. The number of hydrogen-bond acceptors (Lipinski definition) is 2. The summed E-state index contributed by atoms with van der Waals surface area (Å²) in [6.07, 6.45) is 4.41. The number of aromatic nitrogens is 2. The van der Waals surface area contributed by atoms with Crippen LogP contribution in [0.5, 0.6) is 0 Å². The van der Waals surface area contributed by atoms with Crippen LogP contribution >= 0.6 is 11.6 Å². The highest BCUT2D eigenvalue weighted by molar-refractivity contribution is 6.34. The molecule has 0 bridgehead atoms. The van der Waals surface area contributed by atoms with E-state index in [0.717, 1.165) is 23.9 Å². The Bertz CT molecular complexity index is 440. The van der Waals surface area contributed by atoms with E-state index in [-0.39, 0.29) is 6.61 Å². The summed E-state index contributed by atoms with van der Waals surface area (Å²) in [4.78, 5) is 4.00. The first-order chi connectivity index (χ1) is 7.83. The number of nitrogens with zero attached hydrogens (tertiary/aromatic N) is 2. The zero-order valence-electron chi connectivity index (χ0n) is 9.65. The van der Waals surface area contributed by atoms with Crippen LogP contribution in [0.2, 0.25) is 5.15 Å². The number of hydrogen-bond donors (Lipinski definition) is 1. The fourth-order valence-corrected chi connectivity index (χ4v) is 1.74. The smallest absolute Gasteiger partial charge is 0.138 e. The van der Waals surface area contributed by atoms with Crippen molar-refractivity contribution in [2.24, 2.45) is 0 Å². The second-order valence-corrected chi connectivity index (χ2v) is 3.48. The van der Waals surface area contributed by atoms with Gasteiger partial charge in [-0.05, 0) is 18.6 Å². The fraction of sp³-hybridized carbons (Fsp3) is 0.417. The van der Waals surface area contributed by atoms with Gasteiger partial charge < -0.3 is 9.67 Å². The number of halogens is 1. The van der Waals surface area contributed by atoms with Crippen LogP contribution in [0.25, 0.3) is 10.9 Å². The number of rotatable bonds is 3. The molecule has 0 saturated carbocycles. The molecule has 0 aliphatic carbocycles. The highest BCUT2D eigenvalue weighted by Gasteiger charge is 2.03. The topological polar surface area (TPSA) is 38.0 Å². The van der Waals surface area contributed by atoms with Gasteiger partial charge in [-0.25, -0.2) is 4.98 Å². The molecule has 16 heavy (non-hydrogen) atoms. The fourth-order valence-electron chi connectivity index (χ4n) is 1.52. The van der Waals surface area contributed by atoms with Gasteiger partial charge in [0.1, 0.15) is 5.15 Å². The van der Waals surface area contributed by atoms with E-state index in [0.29, 0.717) is 5.15 Å². The van der Waals surface area contributed by atoms with Crippen LogP contribution in [-0.2, 0) is 6.54 Å². The lowest BCUT2D eigenvalue weighted by atomic mass is 10.3. The number of aryl methyl sites for hydroxylation is 1. The first kappa shape index (κ1) is 13.0. The van der Waals surface area contributed by atoms with Gasteiger partial charge in [-0.3, -0.25) is 0 Å². The maximum absolute atomic E-state index is 8.74. The summed E-state index contributed by atoms with van der Waals surface area (Å²) in [5.41, 5.74) is 1.07. The monoisotopic (exact) mass is 240 g/mol. The van der Waals surface area contributed by atoms with Crippen molar-refractivity contribution in [1.29, 1.82) is 0 Å². The number of fused-ring (bicyclic) bond motifs is 1. The van der Waals surface area contributed by atoms with Gasteiger partial charge in [-0.15, -0.1) is 0 Å². The van der Waals surface area contributed by atoms with Gasteiger partial charge in [-0.2, -0.15) is 0 Å². The van der Waals surface area contributed by atoms with Crippen molar-refractivity contribution in [3.8, 4) is 0 Å². The number of aliphatic hydroxyl groups is 1. The summed E-state index contributed by atoms with van der Waals surface area (Å²) in [6.45, 7) is 5.01. The molecule has 0 fully saturated rings. The lowest BCUT2D eigenvalue weighted by Gasteiger charge is -2.03. The van der Waals surface area contributed by atoms with Crippen LogP contribution in [-0.4, -0.2) is 21.3 Å². The maximum atomic E-state index is 8.74. The molecule has 2 aromatic rings. The van der Waals surface area contributed by atoms with Gasteiger partial charge in [0.2, 0.25) is 0 Å². The van der Waals surface area contributed by atoms with Crippen LogP contribution in [0.4, 0.5) is 0 Å². The average molecular weight is 241 g/mol. The second kappa shape index (κ2) is 6.51. The molecular weight excluding hydrogens is 224 g/mol. The third kappa shape index (κ3) is 2.74. The normalized spacial score (nSPS) is 10.0. The zero-order chi connectivity index (χ0) is 12.0. The Morgan fingerprint density at radius 1 is 1.38 bits per heavy atom. The summed E-state index contributed by atoms with van der Waals surface area (Å²) in [7, 11) is 0. The van der Waals surface area contributed by atoms with E-state index in [4.69, 9.17) is 16.7 Å². The van der Waals surface area contributed by atoms with Gasteiger partial charge in [-0.1, -0.05) is 25.4 Å². The molecule has 3 nitrogen and oxygen atoms in total. The van der Waals surface area contributed by atoms with Crippen LogP contribution in [0.1, 0.15) is 20.3 Å². The van der Waals surface area contributed by atoms with Crippen LogP contribution in [0.3, 0.4) is 0 Å². The van der Waals surface area contributed by atoms with E-state index in [1.54, 1.807) is 6.20 Å². The van der Waals surface area contributed by atoms with Crippen LogP contribution < -0.4 is 0 Å². The molecule has 0 saturated heterocycles. The molecule has 0 aliphatic heterocycles. The second-order valence-electron chi connectivity index (χ2n) is 3.12. The Kier molecular flexibility index (Phi) is 5.29. The predicted octanol–water partition coefficient (Wildman–Crippen LogP) is 3.10. The van der Waals surface area contributed by atoms with Crippen molar-refractivity contribution < 1.29 is 5.11 Å². The Balaban J connectivity index is 0.000000606. The van der Waals surface area contributed by atoms with Crippen LogP contribution in [0.15, 0.2) is 24.5 Å². The van der Waals surface area contributed by atoms with Gasteiger partial charge in [0.05, 0.1) is 5.52 Å². The Hall–Kier alpha value is -1.06. The quantitative estimate of drug-likeness (QED) is 0.838. The average Bonchev–Trinajstić information content (AvgIpc) is 2.74. The summed E-state index contributed by atoms with van der Waals surface area (Å²) >= 11 is 5.93. The maximum Gasteiger partial charge on any atom is 0.138 e. The van der Waals surface area contributed by atoms with Crippen molar-refractivity contribution in [3.05, 3.63) is 29.7 Å². The third-order valence-electron chi connectivity index (χ3n) is 2.21. The molecule has 2 aromatic heterocycles. The largest absolute Gasteiger partial charge is 0.396 e. The molecule has 0 spiro atoms. The first-order valence-electron chi connectivity index (χ1n) is 5.53. The van der Waals surface area contributed by atoms with E-state index in [1.165, 1.54) is 0 Å². The van der Waals surface area contributed by atoms with Crippen molar-refractivity contribution in [3.63, 3.8) is 0 Å². The molecule has 0 aromatic carbocycles. The van der Waals surface area contributed by atoms with Gasteiger partial charge in [0.25, 0.3) is 0 Å². The SMILES string of the molecule is CC.OCCCn1ccc2c(Cl)nccc21. The van der Waals surface area contributed by atoms with Gasteiger partial charge >= 0.3 is 0 Å². The van der Waals surface area contributed by atoms with E-state index >= 15 is 0 Å². The van der Waals surface area contributed by atoms with Crippen molar-refractivity contribution >= 4 is 22.5 Å². The molecule has 0 unspecified atom stereocenters. The highest BCUT2D eigenvalue weighted by Crippen LogP contribution is 2.21. The molecule has 0 atom stereocenters. The first-order valence-corrected chi connectivity index (χ1v) is 5.91. The minimum atomic E-state index is 0.207. The summed E-state index contributed by atoms with van der Waals surface area (Å²) in [6, 6.07) is 3.88.